The van der Waals surface area contributed by atoms with Crippen molar-refractivity contribution in [2.45, 2.75) is 33.1 Å². The third kappa shape index (κ3) is 2.21. The number of thioether (sulfide) groups is 1. The van der Waals surface area contributed by atoms with E-state index in [-0.39, 0.29) is 4.21 Å². The Kier molecular flexibility index (Phi) is 2.85. The first-order chi connectivity index (χ1) is 6.88. The van der Waals surface area contributed by atoms with Crippen LogP contribution in [0.1, 0.15) is 25.0 Å². The van der Waals surface area contributed by atoms with Crippen molar-refractivity contribution in [3.63, 3.8) is 0 Å². The first-order valence-corrected chi connectivity index (χ1v) is 7.63. The summed E-state index contributed by atoms with van der Waals surface area (Å²) in [4.78, 5) is 0. The number of aliphatic hydroxyl groups excluding tert-OH is 1. The zero-order valence-electron chi connectivity index (χ0n) is 8.00. The molecule has 15 heavy (non-hydrogen) atoms. The van der Waals surface area contributed by atoms with E-state index in [0.29, 0.717) is 17.2 Å². The minimum Gasteiger partial charge on any atom is -0.388 e. The fourth-order valence-electron chi connectivity index (χ4n) is 1.50. The van der Waals surface area contributed by atoms with Crippen LogP contribution >= 0.6 is 23.1 Å². The molecule has 2 rings (SSSR count). The minimum absolute atomic E-state index is 0.133. The molecular formula is C8H11NO3S3. The number of hydrogen-bond donors (Lipinski definition) is 2. The van der Waals surface area contributed by atoms with E-state index in [4.69, 9.17) is 5.14 Å². The Hall–Kier alpha value is -0.0800. The summed E-state index contributed by atoms with van der Waals surface area (Å²) in [6.07, 6.45) is 0.0846. The summed E-state index contributed by atoms with van der Waals surface area (Å²) in [5, 5.41) is 15.1. The van der Waals surface area contributed by atoms with E-state index >= 15 is 0 Å². The molecule has 0 aliphatic carbocycles. The van der Waals surface area contributed by atoms with Crippen molar-refractivity contribution < 1.29 is 13.5 Å². The van der Waals surface area contributed by atoms with Crippen molar-refractivity contribution in [3.8, 4) is 0 Å². The maximum Gasteiger partial charge on any atom is 0.247 e. The average molecular weight is 265 g/mol. The number of aliphatic hydroxyl groups is 1. The van der Waals surface area contributed by atoms with E-state index < -0.39 is 16.1 Å². The van der Waals surface area contributed by atoms with Crippen molar-refractivity contribution in [2.75, 3.05) is 0 Å². The molecule has 7 heteroatoms. The number of sulfonamides is 1. The summed E-state index contributed by atoms with van der Waals surface area (Å²) in [6, 6.07) is 1.48. The topological polar surface area (TPSA) is 80.4 Å². The van der Waals surface area contributed by atoms with Gasteiger partial charge >= 0.3 is 0 Å². The van der Waals surface area contributed by atoms with Crippen LogP contribution in [0.15, 0.2) is 14.5 Å². The van der Waals surface area contributed by atoms with Crippen LogP contribution in [0, 0.1) is 0 Å². The quantitative estimate of drug-likeness (QED) is 0.802. The molecule has 0 aromatic carbocycles. The van der Waals surface area contributed by atoms with Gasteiger partial charge in [-0.05, 0) is 12.5 Å². The fraction of sp³-hybridized carbons (Fsp3) is 0.500. The normalized spacial score (nSPS) is 26.3. The van der Waals surface area contributed by atoms with Gasteiger partial charge in [-0.1, -0.05) is 6.92 Å². The van der Waals surface area contributed by atoms with Crippen LogP contribution in [0.25, 0.3) is 0 Å². The Morgan fingerprint density at radius 2 is 2.27 bits per heavy atom. The SMILES string of the molecule is C[C@@H]1C[C@@H](O)c2cc(S(N)(=O)=O)sc2S1. The molecule has 0 unspecified atom stereocenters. The van der Waals surface area contributed by atoms with Gasteiger partial charge in [-0.2, -0.15) is 0 Å². The highest BCUT2D eigenvalue weighted by atomic mass is 32.3. The van der Waals surface area contributed by atoms with Gasteiger partial charge in [0.05, 0.1) is 10.3 Å². The lowest BCUT2D eigenvalue weighted by Gasteiger charge is -2.22. The average Bonchev–Trinajstić information content (AvgIpc) is 2.46. The maximum absolute atomic E-state index is 11.1. The molecular weight excluding hydrogens is 254 g/mol. The molecule has 0 saturated carbocycles. The summed E-state index contributed by atoms with van der Waals surface area (Å²) >= 11 is 2.73. The minimum atomic E-state index is -3.64. The standard InChI is InChI=1S/C8H11NO3S3/c1-4-2-6(10)5-3-7(15(9,11)12)14-8(5)13-4/h3-4,6,10H,2H2,1H3,(H2,9,11,12)/t4-,6-/m1/s1. The lowest BCUT2D eigenvalue weighted by atomic mass is 10.1. The lowest BCUT2D eigenvalue weighted by Crippen LogP contribution is -2.11. The van der Waals surface area contributed by atoms with Crippen LogP contribution in [0.5, 0.6) is 0 Å². The lowest BCUT2D eigenvalue weighted by molar-refractivity contribution is 0.164. The van der Waals surface area contributed by atoms with Crippen LogP contribution in [0.4, 0.5) is 0 Å². The third-order valence-electron chi connectivity index (χ3n) is 2.21. The molecule has 1 aliphatic heterocycles. The van der Waals surface area contributed by atoms with Gasteiger partial charge in [-0.15, -0.1) is 23.1 Å². The van der Waals surface area contributed by atoms with Gasteiger partial charge in [0.25, 0.3) is 0 Å². The molecule has 2 heterocycles. The largest absolute Gasteiger partial charge is 0.388 e. The predicted molar refractivity (Wildman–Crippen MR) is 60.6 cm³/mol. The van der Waals surface area contributed by atoms with Gasteiger partial charge in [0.15, 0.2) is 0 Å². The second-order valence-electron chi connectivity index (χ2n) is 3.53. The number of rotatable bonds is 1. The van der Waals surface area contributed by atoms with Crippen molar-refractivity contribution in [1.29, 1.82) is 0 Å². The zero-order chi connectivity index (χ0) is 11.2. The van der Waals surface area contributed by atoms with Crippen LogP contribution in [0.3, 0.4) is 0 Å². The van der Waals surface area contributed by atoms with Crippen molar-refractivity contribution in [3.05, 3.63) is 11.6 Å². The van der Waals surface area contributed by atoms with E-state index in [1.165, 1.54) is 6.07 Å². The highest BCUT2D eigenvalue weighted by Crippen LogP contribution is 2.46. The molecule has 84 valence electrons. The molecule has 0 bridgehead atoms. The van der Waals surface area contributed by atoms with Crippen molar-refractivity contribution >= 4 is 33.1 Å². The summed E-state index contributed by atoms with van der Waals surface area (Å²) in [6.45, 7) is 2.01. The fourth-order valence-corrected chi connectivity index (χ4v) is 5.28. The van der Waals surface area contributed by atoms with Crippen molar-refractivity contribution in [2.24, 2.45) is 5.14 Å². The highest BCUT2D eigenvalue weighted by molar-refractivity contribution is 8.02. The molecule has 1 aromatic rings. The van der Waals surface area contributed by atoms with E-state index in [1.807, 2.05) is 6.92 Å². The number of nitrogens with two attached hydrogens (primary N) is 1. The van der Waals surface area contributed by atoms with Crippen LogP contribution < -0.4 is 5.14 Å². The Morgan fingerprint density at radius 1 is 1.60 bits per heavy atom. The molecule has 4 nitrogen and oxygen atoms in total. The number of thiophene rings is 1. The summed E-state index contributed by atoms with van der Waals surface area (Å²) in [5.74, 6) is 0. The van der Waals surface area contributed by atoms with Gasteiger partial charge in [-0.25, -0.2) is 13.6 Å². The first kappa shape index (κ1) is 11.4. The van der Waals surface area contributed by atoms with Gasteiger partial charge in [0.1, 0.15) is 4.21 Å². The third-order valence-corrected chi connectivity index (χ3v) is 6.15. The number of hydrogen-bond acceptors (Lipinski definition) is 5. The summed E-state index contributed by atoms with van der Waals surface area (Å²) in [7, 11) is -3.64. The van der Waals surface area contributed by atoms with Gasteiger partial charge in [0, 0.05) is 10.8 Å². The second-order valence-corrected chi connectivity index (χ2v) is 8.08. The van der Waals surface area contributed by atoms with Crippen LogP contribution in [0.2, 0.25) is 0 Å². The van der Waals surface area contributed by atoms with Crippen LogP contribution in [-0.4, -0.2) is 18.8 Å². The number of fused-ring (bicyclic) bond motifs is 1. The smallest absolute Gasteiger partial charge is 0.247 e. The van der Waals surface area contributed by atoms with Gasteiger partial charge in [0.2, 0.25) is 10.0 Å². The molecule has 0 saturated heterocycles. The van der Waals surface area contributed by atoms with Crippen molar-refractivity contribution in [1.82, 2.24) is 0 Å². The summed E-state index contributed by atoms with van der Waals surface area (Å²) in [5.41, 5.74) is 0.701. The molecule has 0 fully saturated rings. The van der Waals surface area contributed by atoms with Gasteiger partial charge in [-0.3, -0.25) is 0 Å². The zero-order valence-corrected chi connectivity index (χ0v) is 10.5. The number of primary sulfonamides is 1. The predicted octanol–water partition coefficient (Wildman–Crippen LogP) is 1.31. The first-order valence-electron chi connectivity index (χ1n) is 4.39. The van der Waals surface area contributed by atoms with Gasteiger partial charge < -0.3 is 5.11 Å². The van der Waals surface area contributed by atoms with E-state index in [0.717, 1.165) is 15.5 Å². The molecule has 3 N–H and O–H groups in total. The molecule has 0 amide bonds. The van der Waals surface area contributed by atoms with E-state index in [9.17, 15) is 13.5 Å². The summed E-state index contributed by atoms with van der Waals surface area (Å²) < 4.78 is 23.3. The van der Waals surface area contributed by atoms with E-state index in [2.05, 4.69) is 0 Å². The monoisotopic (exact) mass is 265 g/mol. The molecule has 1 aromatic heterocycles. The Balaban J connectivity index is 2.48. The van der Waals surface area contributed by atoms with E-state index in [1.54, 1.807) is 11.8 Å². The Bertz CT molecular complexity index is 479. The molecule has 0 spiro atoms. The second kappa shape index (κ2) is 3.74. The Labute approximate surface area is 96.5 Å². The van der Waals surface area contributed by atoms with Crippen LogP contribution in [-0.2, 0) is 10.0 Å². The Morgan fingerprint density at radius 3 is 2.87 bits per heavy atom. The maximum atomic E-state index is 11.1. The highest BCUT2D eigenvalue weighted by Gasteiger charge is 2.28. The molecule has 2 atom stereocenters. The molecule has 1 aliphatic rings. The molecule has 0 radical (unpaired) electrons.